The van der Waals surface area contributed by atoms with Crippen LogP contribution in [0.4, 0.5) is 0 Å². The van der Waals surface area contributed by atoms with Crippen molar-refractivity contribution in [3.8, 4) is 0 Å². The fraction of sp³-hybridized carbons (Fsp3) is 0.727. The lowest BCUT2D eigenvalue weighted by Crippen LogP contribution is -2.32. The monoisotopic (exact) mass is 223 g/mol. The predicted octanol–water partition coefficient (Wildman–Crippen LogP) is 1.47. The predicted molar refractivity (Wildman–Crippen MR) is 62.0 cm³/mol. The Labute approximate surface area is 94.5 Å². The molecule has 2 fully saturated rings. The number of hydrogen-bond acceptors (Lipinski definition) is 4. The van der Waals surface area contributed by atoms with Crippen LogP contribution >= 0.6 is 11.3 Å². The van der Waals surface area contributed by atoms with Gasteiger partial charge < -0.3 is 5.32 Å². The van der Waals surface area contributed by atoms with Crippen LogP contribution in [0.5, 0.6) is 0 Å². The van der Waals surface area contributed by atoms with Crippen molar-refractivity contribution in [2.45, 2.75) is 37.9 Å². The van der Waals surface area contributed by atoms with Gasteiger partial charge in [0.2, 0.25) is 0 Å². The molecule has 0 spiro atoms. The summed E-state index contributed by atoms with van der Waals surface area (Å²) < 4.78 is 0. The molecule has 0 radical (unpaired) electrons. The van der Waals surface area contributed by atoms with Gasteiger partial charge in [0, 0.05) is 43.3 Å². The molecule has 1 aliphatic heterocycles. The second-order valence-corrected chi connectivity index (χ2v) is 5.50. The van der Waals surface area contributed by atoms with Crippen LogP contribution in [-0.4, -0.2) is 35.1 Å². The number of nitrogens with zero attached hydrogens (tertiary/aromatic N) is 2. The first kappa shape index (κ1) is 9.75. The number of hydrogen-bond donors (Lipinski definition) is 1. The van der Waals surface area contributed by atoms with E-state index in [2.05, 4.69) is 15.2 Å². The fourth-order valence-electron chi connectivity index (χ4n) is 2.30. The Balaban J connectivity index is 1.44. The second-order valence-electron chi connectivity index (χ2n) is 4.52. The first-order valence-corrected chi connectivity index (χ1v) is 6.65. The van der Waals surface area contributed by atoms with Crippen LogP contribution in [0.3, 0.4) is 0 Å². The topological polar surface area (TPSA) is 28.2 Å². The van der Waals surface area contributed by atoms with Gasteiger partial charge in [-0.25, -0.2) is 4.98 Å². The largest absolute Gasteiger partial charge is 0.306 e. The SMILES string of the molecule is c1csc(CNC2CCN(C3CC3)C2)n1. The smallest absolute Gasteiger partial charge is 0.106 e. The fourth-order valence-corrected chi connectivity index (χ4v) is 2.86. The van der Waals surface area contributed by atoms with Crippen LogP contribution in [0.25, 0.3) is 0 Å². The Morgan fingerprint density at radius 1 is 1.47 bits per heavy atom. The Morgan fingerprint density at radius 3 is 3.13 bits per heavy atom. The average Bonchev–Trinajstić information content (AvgIpc) is 2.82. The maximum atomic E-state index is 4.29. The van der Waals surface area contributed by atoms with Gasteiger partial charge in [-0.05, 0) is 19.3 Å². The van der Waals surface area contributed by atoms with E-state index in [1.807, 2.05) is 11.6 Å². The van der Waals surface area contributed by atoms with E-state index < -0.39 is 0 Å². The van der Waals surface area contributed by atoms with E-state index in [-0.39, 0.29) is 0 Å². The zero-order valence-electron chi connectivity index (χ0n) is 8.85. The molecule has 3 rings (SSSR count). The molecule has 1 atom stereocenters. The summed E-state index contributed by atoms with van der Waals surface area (Å²) in [6, 6.07) is 1.62. The van der Waals surface area contributed by atoms with Crippen LogP contribution in [0.1, 0.15) is 24.3 Å². The van der Waals surface area contributed by atoms with Gasteiger partial charge in [-0.15, -0.1) is 11.3 Å². The first-order valence-electron chi connectivity index (χ1n) is 5.77. The minimum Gasteiger partial charge on any atom is -0.306 e. The van der Waals surface area contributed by atoms with Gasteiger partial charge >= 0.3 is 0 Å². The summed E-state index contributed by atoms with van der Waals surface area (Å²) in [5.41, 5.74) is 0. The van der Waals surface area contributed by atoms with Crippen molar-refractivity contribution >= 4 is 11.3 Å². The normalized spacial score (nSPS) is 27.3. The summed E-state index contributed by atoms with van der Waals surface area (Å²) in [5.74, 6) is 0. The molecule has 15 heavy (non-hydrogen) atoms. The number of likely N-dealkylation sites (tertiary alicyclic amines) is 1. The zero-order valence-corrected chi connectivity index (χ0v) is 9.67. The summed E-state index contributed by atoms with van der Waals surface area (Å²) in [6.07, 6.45) is 6.05. The van der Waals surface area contributed by atoms with E-state index >= 15 is 0 Å². The number of nitrogens with one attached hydrogen (secondary N) is 1. The number of thiazole rings is 1. The van der Waals surface area contributed by atoms with E-state index in [4.69, 9.17) is 0 Å². The highest BCUT2D eigenvalue weighted by Gasteiger charge is 2.33. The van der Waals surface area contributed by atoms with E-state index in [9.17, 15) is 0 Å². The summed E-state index contributed by atoms with van der Waals surface area (Å²) in [7, 11) is 0. The van der Waals surface area contributed by atoms with Gasteiger partial charge in [0.1, 0.15) is 5.01 Å². The van der Waals surface area contributed by atoms with Gasteiger partial charge in [0.25, 0.3) is 0 Å². The van der Waals surface area contributed by atoms with Crippen LogP contribution in [0.2, 0.25) is 0 Å². The Bertz CT molecular complexity index is 308. The lowest BCUT2D eigenvalue weighted by atomic mass is 10.3. The molecular weight excluding hydrogens is 206 g/mol. The standard InChI is InChI=1S/C11H17N3S/c1-2-10(1)14-5-3-9(8-14)13-7-11-12-4-6-15-11/h4,6,9-10,13H,1-3,5,7-8H2. The summed E-state index contributed by atoms with van der Waals surface area (Å²) in [4.78, 5) is 6.92. The number of aromatic nitrogens is 1. The maximum Gasteiger partial charge on any atom is 0.106 e. The van der Waals surface area contributed by atoms with Crippen LogP contribution in [-0.2, 0) is 6.54 Å². The molecule has 1 aromatic heterocycles. The maximum absolute atomic E-state index is 4.29. The molecule has 2 heterocycles. The van der Waals surface area contributed by atoms with Crippen molar-refractivity contribution in [1.29, 1.82) is 0 Å². The second kappa shape index (κ2) is 4.20. The molecule has 0 bridgehead atoms. The lowest BCUT2D eigenvalue weighted by Gasteiger charge is -2.15. The average molecular weight is 223 g/mol. The quantitative estimate of drug-likeness (QED) is 0.838. The highest BCUT2D eigenvalue weighted by molar-refractivity contribution is 7.09. The molecule has 1 aromatic rings. The van der Waals surface area contributed by atoms with Gasteiger partial charge in [-0.1, -0.05) is 0 Å². The molecule has 1 aliphatic carbocycles. The van der Waals surface area contributed by atoms with Crippen molar-refractivity contribution in [3.05, 3.63) is 16.6 Å². The molecule has 1 saturated heterocycles. The van der Waals surface area contributed by atoms with E-state index in [1.54, 1.807) is 11.3 Å². The third-order valence-electron chi connectivity index (χ3n) is 3.31. The van der Waals surface area contributed by atoms with Crippen molar-refractivity contribution in [2.24, 2.45) is 0 Å². The van der Waals surface area contributed by atoms with Crippen LogP contribution < -0.4 is 5.32 Å². The lowest BCUT2D eigenvalue weighted by molar-refractivity contribution is 0.317. The molecule has 1 unspecified atom stereocenters. The van der Waals surface area contributed by atoms with E-state index in [0.717, 1.165) is 12.6 Å². The van der Waals surface area contributed by atoms with Crippen molar-refractivity contribution < 1.29 is 0 Å². The zero-order chi connectivity index (χ0) is 10.1. The molecule has 1 N–H and O–H groups in total. The molecule has 0 aromatic carbocycles. The summed E-state index contributed by atoms with van der Waals surface area (Å²) in [5, 5.41) is 6.85. The minimum atomic E-state index is 0.689. The van der Waals surface area contributed by atoms with Gasteiger partial charge in [0.15, 0.2) is 0 Å². The molecule has 1 saturated carbocycles. The molecule has 3 nitrogen and oxygen atoms in total. The van der Waals surface area contributed by atoms with E-state index in [1.165, 1.54) is 37.4 Å². The first-order chi connectivity index (χ1) is 7.42. The van der Waals surface area contributed by atoms with E-state index in [0.29, 0.717) is 6.04 Å². The third-order valence-corrected chi connectivity index (χ3v) is 4.09. The van der Waals surface area contributed by atoms with Crippen molar-refractivity contribution in [1.82, 2.24) is 15.2 Å². The van der Waals surface area contributed by atoms with Crippen LogP contribution in [0, 0.1) is 0 Å². The van der Waals surface area contributed by atoms with Gasteiger partial charge in [-0.3, -0.25) is 4.90 Å². The van der Waals surface area contributed by atoms with Crippen molar-refractivity contribution in [2.75, 3.05) is 13.1 Å². The van der Waals surface area contributed by atoms with Gasteiger partial charge in [-0.2, -0.15) is 0 Å². The highest BCUT2D eigenvalue weighted by Crippen LogP contribution is 2.29. The van der Waals surface area contributed by atoms with Crippen LogP contribution in [0.15, 0.2) is 11.6 Å². The Morgan fingerprint density at radius 2 is 2.40 bits per heavy atom. The molecular formula is C11H17N3S. The minimum absolute atomic E-state index is 0.689. The molecule has 0 amide bonds. The van der Waals surface area contributed by atoms with Crippen molar-refractivity contribution in [3.63, 3.8) is 0 Å². The van der Waals surface area contributed by atoms with Gasteiger partial charge in [0.05, 0.1) is 0 Å². The third kappa shape index (κ3) is 2.38. The summed E-state index contributed by atoms with van der Waals surface area (Å²) in [6.45, 7) is 3.48. The Hall–Kier alpha value is -0.450. The Kier molecular flexibility index (Phi) is 2.73. The summed E-state index contributed by atoms with van der Waals surface area (Å²) >= 11 is 1.74. The number of rotatable bonds is 4. The molecule has 2 aliphatic rings. The molecule has 4 heteroatoms. The molecule has 82 valence electrons. The highest BCUT2D eigenvalue weighted by atomic mass is 32.1.